The van der Waals surface area contributed by atoms with Gasteiger partial charge in [-0.3, -0.25) is 4.79 Å². The first kappa shape index (κ1) is 15.7. The number of hydrogen-bond donors (Lipinski definition) is 0. The summed E-state index contributed by atoms with van der Waals surface area (Å²) in [6.45, 7) is 0.424. The molecule has 3 rings (SSSR count). The minimum Gasteiger partial charge on any atom is -0.495 e. The van der Waals surface area contributed by atoms with E-state index in [-0.39, 0.29) is 11.5 Å². The van der Waals surface area contributed by atoms with Crippen LogP contribution in [0.1, 0.15) is 27.9 Å². The lowest BCUT2D eigenvalue weighted by Gasteiger charge is -2.11. The number of hydrazone groups is 1. The van der Waals surface area contributed by atoms with Crippen molar-refractivity contribution in [1.82, 2.24) is 5.01 Å². The number of benzene rings is 2. The molecule has 0 aromatic heterocycles. The number of carbonyl (C=O) groups excluding carboxylic acids is 1. The highest BCUT2D eigenvalue weighted by Crippen LogP contribution is 2.23. The molecule has 5 nitrogen and oxygen atoms in total. The maximum atomic E-state index is 13.3. The molecular weight excluding hydrogens is 309 g/mol. The minimum atomic E-state index is -0.457. The molecule has 0 aliphatic carbocycles. The van der Waals surface area contributed by atoms with Gasteiger partial charge in [0.25, 0.3) is 5.91 Å². The van der Waals surface area contributed by atoms with Gasteiger partial charge in [0, 0.05) is 17.5 Å². The van der Waals surface area contributed by atoms with Gasteiger partial charge in [-0.25, -0.2) is 9.40 Å². The lowest BCUT2D eigenvalue weighted by molar-refractivity contribution is 0.0778. The highest BCUT2D eigenvalue weighted by atomic mass is 19.1. The Morgan fingerprint density at radius 2 is 2.17 bits per heavy atom. The van der Waals surface area contributed by atoms with Gasteiger partial charge >= 0.3 is 0 Å². The van der Waals surface area contributed by atoms with Crippen LogP contribution in [0.5, 0.6) is 5.75 Å². The Hall–Kier alpha value is -3.20. The summed E-state index contributed by atoms with van der Waals surface area (Å²) in [4.78, 5) is 12.4. The predicted octanol–water partition coefficient (Wildman–Crippen LogP) is 2.96. The average molecular weight is 323 g/mol. The van der Waals surface area contributed by atoms with Crippen LogP contribution in [0.3, 0.4) is 0 Å². The lowest BCUT2D eigenvalue weighted by Crippen LogP contribution is -2.23. The van der Waals surface area contributed by atoms with Gasteiger partial charge in [0.05, 0.1) is 24.9 Å². The molecule has 0 atom stereocenters. The number of nitriles is 1. The normalized spacial score (nSPS) is 13.4. The molecule has 24 heavy (non-hydrogen) atoms. The van der Waals surface area contributed by atoms with Crippen LogP contribution >= 0.6 is 0 Å². The van der Waals surface area contributed by atoms with E-state index in [2.05, 4.69) is 11.2 Å². The largest absolute Gasteiger partial charge is 0.495 e. The highest BCUT2D eigenvalue weighted by molar-refractivity contribution is 6.04. The first-order chi connectivity index (χ1) is 11.6. The highest BCUT2D eigenvalue weighted by Gasteiger charge is 2.23. The summed E-state index contributed by atoms with van der Waals surface area (Å²) in [5, 5.41) is 14.7. The van der Waals surface area contributed by atoms with Crippen molar-refractivity contribution in [2.24, 2.45) is 5.10 Å². The molecule has 1 aliphatic heterocycles. The van der Waals surface area contributed by atoms with Gasteiger partial charge in [-0.1, -0.05) is 12.1 Å². The predicted molar refractivity (Wildman–Crippen MR) is 86.3 cm³/mol. The monoisotopic (exact) mass is 323 g/mol. The Labute approximate surface area is 138 Å². The Bertz CT molecular complexity index is 871. The molecule has 1 amide bonds. The minimum absolute atomic E-state index is 0.261. The Morgan fingerprint density at radius 1 is 1.33 bits per heavy atom. The molecule has 0 N–H and O–H groups in total. The second kappa shape index (κ2) is 6.50. The molecule has 1 heterocycles. The van der Waals surface area contributed by atoms with E-state index < -0.39 is 5.82 Å². The zero-order valence-electron chi connectivity index (χ0n) is 13.0. The number of methoxy groups -OCH3 is 1. The van der Waals surface area contributed by atoms with Crippen LogP contribution in [-0.2, 0) is 0 Å². The van der Waals surface area contributed by atoms with E-state index in [1.165, 1.54) is 30.3 Å². The number of carbonyl (C=O) groups is 1. The summed E-state index contributed by atoms with van der Waals surface area (Å²) in [6.07, 6.45) is 0.579. The van der Waals surface area contributed by atoms with E-state index in [1.54, 1.807) is 24.3 Å². The SMILES string of the molecule is COc1cc(C2=NN(C(=O)c3cccc(F)c3)CC2)ccc1C#N. The summed E-state index contributed by atoms with van der Waals surface area (Å²) in [6, 6.07) is 12.8. The van der Waals surface area contributed by atoms with Gasteiger partial charge in [0.15, 0.2) is 0 Å². The van der Waals surface area contributed by atoms with E-state index in [4.69, 9.17) is 10.00 Å². The topological polar surface area (TPSA) is 65.7 Å². The molecule has 0 saturated carbocycles. The van der Waals surface area contributed by atoms with E-state index in [0.717, 1.165) is 11.3 Å². The second-order valence-corrected chi connectivity index (χ2v) is 5.26. The average Bonchev–Trinajstić information content (AvgIpc) is 3.10. The molecule has 6 heteroatoms. The number of amides is 1. The zero-order valence-corrected chi connectivity index (χ0v) is 13.0. The fourth-order valence-electron chi connectivity index (χ4n) is 2.54. The van der Waals surface area contributed by atoms with Gasteiger partial charge in [-0.2, -0.15) is 10.4 Å². The van der Waals surface area contributed by atoms with Crippen LogP contribution in [-0.4, -0.2) is 30.3 Å². The van der Waals surface area contributed by atoms with Crippen molar-refractivity contribution in [3.8, 4) is 11.8 Å². The molecule has 0 fully saturated rings. The number of nitrogens with zero attached hydrogens (tertiary/aromatic N) is 3. The molecule has 1 aliphatic rings. The maximum Gasteiger partial charge on any atom is 0.274 e. The molecule has 2 aromatic rings. The number of hydrogen-bond acceptors (Lipinski definition) is 4. The van der Waals surface area contributed by atoms with Gasteiger partial charge in [-0.15, -0.1) is 0 Å². The summed E-state index contributed by atoms with van der Waals surface area (Å²) < 4.78 is 18.5. The smallest absolute Gasteiger partial charge is 0.274 e. The first-order valence-corrected chi connectivity index (χ1v) is 7.36. The van der Waals surface area contributed by atoms with E-state index >= 15 is 0 Å². The second-order valence-electron chi connectivity index (χ2n) is 5.26. The Morgan fingerprint density at radius 3 is 2.88 bits per heavy atom. The van der Waals surface area contributed by atoms with Crippen molar-refractivity contribution >= 4 is 11.6 Å². The van der Waals surface area contributed by atoms with E-state index in [0.29, 0.717) is 24.3 Å². The van der Waals surface area contributed by atoms with Crippen molar-refractivity contribution in [3.63, 3.8) is 0 Å². The number of rotatable bonds is 3. The fraction of sp³-hybridized carbons (Fsp3) is 0.167. The van der Waals surface area contributed by atoms with Crippen LogP contribution in [0.4, 0.5) is 4.39 Å². The summed E-state index contributed by atoms with van der Waals surface area (Å²) in [5.41, 5.74) is 2.22. The van der Waals surface area contributed by atoms with Gasteiger partial charge in [0.1, 0.15) is 17.6 Å². The molecular formula is C18H14FN3O2. The number of halogens is 1. The third kappa shape index (κ3) is 2.97. The van der Waals surface area contributed by atoms with Crippen molar-refractivity contribution in [2.45, 2.75) is 6.42 Å². The third-order valence-corrected chi connectivity index (χ3v) is 3.76. The van der Waals surface area contributed by atoms with Crippen molar-refractivity contribution in [2.75, 3.05) is 13.7 Å². The summed E-state index contributed by atoms with van der Waals surface area (Å²) >= 11 is 0. The molecule has 0 radical (unpaired) electrons. The van der Waals surface area contributed by atoms with Crippen molar-refractivity contribution < 1.29 is 13.9 Å². The van der Waals surface area contributed by atoms with Gasteiger partial charge in [-0.05, 0) is 30.3 Å². The molecule has 0 saturated heterocycles. The Balaban J connectivity index is 1.86. The molecule has 0 unspecified atom stereocenters. The molecule has 0 bridgehead atoms. The molecule has 2 aromatic carbocycles. The van der Waals surface area contributed by atoms with Crippen LogP contribution < -0.4 is 4.74 Å². The number of ether oxygens (including phenoxy) is 1. The van der Waals surface area contributed by atoms with Crippen LogP contribution in [0.2, 0.25) is 0 Å². The van der Waals surface area contributed by atoms with Crippen molar-refractivity contribution in [3.05, 3.63) is 65.0 Å². The fourth-order valence-corrected chi connectivity index (χ4v) is 2.54. The van der Waals surface area contributed by atoms with Crippen molar-refractivity contribution in [1.29, 1.82) is 5.26 Å². The van der Waals surface area contributed by atoms with Crippen LogP contribution in [0.25, 0.3) is 0 Å². The standard InChI is InChI=1S/C18H14FN3O2/c1-24-17-10-12(5-6-14(17)11-20)16-7-8-22(21-16)18(23)13-3-2-4-15(19)9-13/h2-6,9-10H,7-8H2,1H3. The van der Waals surface area contributed by atoms with E-state index in [9.17, 15) is 9.18 Å². The Kier molecular flexibility index (Phi) is 4.25. The molecule has 120 valence electrons. The maximum absolute atomic E-state index is 13.3. The third-order valence-electron chi connectivity index (χ3n) is 3.76. The van der Waals surface area contributed by atoms with Gasteiger partial charge < -0.3 is 4.74 Å². The van der Waals surface area contributed by atoms with Gasteiger partial charge in [0.2, 0.25) is 0 Å². The molecule has 0 spiro atoms. The lowest BCUT2D eigenvalue weighted by atomic mass is 10.1. The quantitative estimate of drug-likeness (QED) is 0.872. The first-order valence-electron chi connectivity index (χ1n) is 7.36. The van der Waals surface area contributed by atoms with E-state index in [1.807, 2.05) is 0 Å². The van der Waals surface area contributed by atoms with Crippen LogP contribution in [0.15, 0.2) is 47.6 Å². The summed E-state index contributed by atoms with van der Waals surface area (Å²) in [7, 11) is 1.50. The summed E-state index contributed by atoms with van der Waals surface area (Å²) in [5.74, 6) is -0.334. The zero-order chi connectivity index (χ0) is 17.1. The van der Waals surface area contributed by atoms with Crippen LogP contribution in [0, 0.1) is 17.1 Å².